The van der Waals surface area contributed by atoms with Gasteiger partial charge in [-0.05, 0) is 49.4 Å². The fourth-order valence-electron chi connectivity index (χ4n) is 2.48. The first-order valence-corrected chi connectivity index (χ1v) is 10.3. The van der Waals surface area contributed by atoms with E-state index in [0.717, 1.165) is 22.3 Å². The van der Waals surface area contributed by atoms with Crippen LogP contribution in [-0.2, 0) is 9.84 Å². The summed E-state index contributed by atoms with van der Waals surface area (Å²) in [6.07, 6.45) is 0. The minimum atomic E-state index is -4.71. The molecule has 0 spiro atoms. The molecule has 3 rings (SSSR count). The quantitative estimate of drug-likeness (QED) is 0.607. The van der Waals surface area contributed by atoms with Gasteiger partial charge in [0.2, 0.25) is 9.84 Å². The van der Waals surface area contributed by atoms with Crippen molar-refractivity contribution < 1.29 is 22.0 Å². The first kappa shape index (κ1) is 20.2. The van der Waals surface area contributed by atoms with Gasteiger partial charge in [-0.3, -0.25) is 4.79 Å². The zero-order valence-corrected chi connectivity index (χ0v) is 16.8. The Morgan fingerprint density at radius 1 is 1.14 bits per heavy atom. The average Bonchev–Trinajstić information content (AvgIpc) is 3.02. The van der Waals surface area contributed by atoms with Crippen LogP contribution in [0.4, 0.5) is 14.6 Å². The predicted molar refractivity (Wildman–Crippen MR) is 104 cm³/mol. The molecule has 146 valence electrons. The molecule has 1 aromatic heterocycles. The molecule has 0 atom stereocenters. The van der Waals surface area contributed by atoms with Crippen LogP contribution in [0.25, 0.3) is 5.69 Å². The molecule has 0 aliphatic rings. The summed E-state index contributed by atoms with van der Waals surface area (Å²) < 4.78 is 50.5. The SMILES string of the molecule is Cc1cc(NC(=O)c2ccc(S(=O)(=O)C(F)F)cc2)n(-c2cccc(Br)c2)n1. The van der Waals surface area contributed by atoms with E-state index in [1.165, 1.54) is 12.1 Å². The van der Waals surface area contributed by atoms with E-state index >= 15 is 0 Å². The second-order valence-corrected chi connectivity index (χ2v) is 8.68. The second-order valence-electron chi connectivity index (χ2n) is 5.85. The van der Waals surface area contributed by atoms with E-state index in [1.54, 1.807) is 17.7 Å². The minimum absolute atomic E-state index is 0.118. The molecule has 0 radical (unpaired) electrons. The van der Waals surface area contributed by atoms with Crippen molar-refractivity contribution in [1.29, 1.82) is 0 Å². The topological polar surface area (TPSA) is 81.1 Å². The Morgan fingerprint density at radius 2 is 1.82 bits per heavy atom. The van der Waals surface area contributed by atoms with Crippen molar-refractivity contribution in [2.24, 2.45) is 0 Å². The molecule has 0 aliphatic carbocycles. The number of benzene rings is 2. The lowest BCUT2D eigenvalue weighted by Crippen LogP contribution is -2.16. The van der Waals surface area contributed by atoms with Gasteiger partial charge in [0.05, 0.1) is 16.3 Å². The number of aryl methyl sites for hydroxylation is 1. The molecular formula is C18H14BrF2N3O3S. The molecule has 0 fully saturated rings. The van der Waals surface area contributed by atoms with Gasteiger partial charge in [-0.1, -0.05) is 22.0 Å². The number of carbonyl (C=O) groups is 1. The van der Waals surface area contributed by atoms with Gasteiger partial charge < -0.3 is 5.32 Å². The Labute approximate surface area is 168 Å². The highest BCUT2D eigenvalue weighted by Gasteiger charge is 2.26. The van der Waals surface area contributed by atoms with E-state index in [2.05, 4.69) is 26.3 Å². The summed E-state index contributed by atoms with van der Waals surface area (Å²) in [5.41, 5.74) is 1.51. The summed E-state index contributed by atoms with van der Waals surface area (Å²) in [6, 6.07) is 13.3. The highest BCUT2D eigenvalue weighted by atomic mass is 79.9. The van der Waals surface area contributed by atoms with Crippen molar-refractivity contribution in [3.63, 3.8) is 0 Å². The maximum atomic E-state index is 12.6. The summed E-state index contributed by atoms with van der Waals surface area (Å²) in [5, 5.41) is 7.05. The molecule has 0 saturated heterocycles. The number of rotatable bonds is 5. The Kier molecular flexibility index (Phi) is 5.61. The fraction of sp³-hybridized carbons (Fsp3) is 0.111. The van der Waals surface area contributed by atoms with E-state index in [0.29, 0.717) is 11.5 Å². The molecule has 6 nitrogen and oxygen atoms in total. The Balaban J connectivity index is 1.86. The smallest absolute Gasteiger partial charge is 0.306 e. The highest BCUT2D eigenvalue weighted by molar-refractivity contribution is 9.10. The predicted octanol–water partition coefficient (Wildman–Crippen LogP) is 4.19. The van der Waals surface area contributed by atoms with Crippen LogP contribution in [0.15, 0.2) is 64.0 Å². The largest absolute Gasteiger partial charge is 0.341 e. The molecule has 28 heavy (non-hydrogen) atoms. The van der Waals surface area contributed by atoms with Gasteiger partial charge in [0.25, 0.3) is 5.91 Å². The Hall–Kier alpha value is -2.59. The van der Waals surface area contributed by atoms with Gasteiger partial charge in [-0.15, -0.1) is 0 Å². The summed E-state index contributed by atoms with van der Waals surface area (Å²) in [7, 11) is -4.71. The van der Waals surface area contributed by atoms with Crippen LogP contribution in [0.3, 0.4) is 0 Å². The molecule has 1 amide bonds. The maximum Gasteiger partial charge on any atom is 0.341 e. The van der Waals surface area contributed by atoms with Crippen molar-refractivity contribution >= 4 is 37.5 Å². The van der Waals surface area contributed by atoms with Crippen LogP contribution < -0.4 is 5.32 Å². The molecule has 1 N–H and O–H groups in total. The number of amides is 1. The van der Waals surface area contributed by atoms with E-state index < -0.39 is 26.4 Å². The Morgan fingerprint density at radius 3 is 2.43 bits per heavy atom. The van der Waals surface area contributed by atoms with Gasteiger partial charge in [-0.25, -0.2) is 13.1 Å². The van der Waals surface area contributed by atoms with Gasteiger partial charge in [0, 0.05) is 16.1 Å². The zero-order valence-electron chi connectivity index (χ0n) is 14.4. The molecule has 1 heterocycles. The van der Waals surface area contributed by atoms with Crippen molar-refractivity contribution in [2.75, 3.05) is 5.32 Å². The lowest BCUT2D eigenvalue weighted by atomic mass is 10.2. The van der Waals surface area contributed by atoms with Crippen molar-refractivity contribution in [3.05, 3.63) is 70.3 Å². The first-order chi connectivity index (χ1) is 13.2. The van der Waals surface area contributed by atoms with E-state index in [4.69, 9.17) is 0 Å². The normalized spacial score (nSPS) is 11.6. The van der Waals surface area contributed by atoms with Crippen LogP contribution in [-0.4, -0.2) is 29.9 Å². The molecule has 0 saturated carbocycles. The number of nitrogens with one attached hydrogen (secondary N) is 1. The second kappa shape index (κ2) is 7.80. The third kappa shape index (κ3) is 4.12. The first-order valence-electron chi connectivity index (χ1n) is 7.94. The van der Waals surface area contributed by atoms with Crippen LogP contribution in [0, 0.1) is 6.92 Å². The number of halogens is 3. The lowest BCUT2D eigenvalue weighted by Gasteiger charge is -2.10. The number of carbonyl (C=O) groups excluding carboxylic acids is 1. The van der Waals surface area contributed by atoms with Gasteiger partial charge in [0.15, 0.2) is 0 Å². The van der Waals surface area contributed by atoms with E-state index in [9.17, 15) is 22.0 Å². The third-order valence-electron chi connectivity index (χ3n) is 3.81. The summed E-state index contributed by atoms with van der Waals surface area (Å²) >= 11 is 3.38. The average molecular weight is 470 g/mol. The minimum Gasteiger partial charge on any atom is -0.306 e. The molecule has 0 aliphatic heterocycles. The van der Waals surface area contributed by atoms with Crippen molar-refractivity contribution in [2.45, 2.75) is 17.6 Å². The summed E-state index contributed by atoms with van der Waals surface area (Å²) in [4.78, 5) is 12.0. The molecule has 2 aromatic carbocycles. The number of sulfone groups is 1. The van der Waals surface area contributed by atoms with Crippen LogP contribution in [0.5, 0.6) is 0 Å². The zero-order chi connectivity index (χ0) is 20.5. The maximum absolute atomic E-state index is 12.6. The van der Waals surface area contributed by atoms with Gasteiger partial charge in [-0.2, -0.15) is 13.9 Å². The summed E-state index contributed by atoms with van der Waals surface area (Å²) in [5.74, 6) is -3.64. The molecule has 0 unspecified atom stereocenters. The van der Waals surface area contributed by atoms with Crippen LogP contribution in [0.2, 0.25) is 0 Å². The summed E-state index contributed by atoms with van der Waals surface area (Å²) in [6.45, 7) is 1.77. The van der Waals surface area contributed by atoms with Crippen molar-refractivity contribution in [3.8, 4) is 5.69 Å². The van der Waals surface area contributed by atoms with Crippen molar-refractivity contribution in [1.82, 2.24) is 9.78 Å². The van der Waals surface area contributed by atoms with Crippen LogP contribution in [0.1, 0.15) is 16.1 Å². The highest BCUT2D eigenvalue weighted by Crippen LogP contribution is 2.22. The fourth-order valence-corrected chi connectivity index (χ4v) is 3.59. The number of hydrogen-bond donors (Lipinski definition) is 1. The number of aromatic nitrogens is 2. The number of anilines is 1. The number of hydrogen-bond acceptors (Lipinski definition) is 4. The molecular weight excluding hydrogens is 456 g/mol. The molecule has 0 bridgehead atoms. The van der Waals surface area contributed by atoms with Gasteiger partial charge >= 0.3 is 5.76 Å². The van der Waals surface area contributed by atoms with Crippen LogP contribution >= 0.6 is 15.9 Å². The van der Waals surface area contributed by atoms with Gasteiger partial charge in [0.1, 0.15) is 5.82 Å². The lowest BCUT2D eigenvalue weighted by molar-refractivity contribution is 0.102. The molecule has 3 aromatic rings. The number of alkyl halides is 2. The standard InChI is InChI=1S/C18H14BrF2N3O3S/c1-11-9-16(24(23-11)14-4-2-3-13(19)10-14)22-17(25)12-5-7-15(8-6-12)28(26,27)18(20)21/h2-10,18H,1H3,(H,22,25). The monoisotopic (exact) mass is 469 g/mol. The third-order valence-corrected chi connectivity index (χ3v) is 5.70. The molecule has 10 heteroatoms. The van der Waals surface area contributed by atoms with E-state index in [-0.39, 0.29) is 5.56 Å². The van der Waals surface area contributed by atoms with E-state index in [1.807, 2.05) is 24.3 Å². The Bertz CT molecular complexity index is 1130. The number of nitrogens with zero attached hydrogens (tertiary/aromatic N) is 2.